The largest absolute Gasteiger partial charge is 0.381 e. The summed E-state index contributed by atoms with van der Waals surface area (Å²) in [4.78, 5) is 26.8. The zero-order valence-electron chi connectivity index (χ0n) is 18.1. The van der Waals surface area contributed by atoms with E-state index in [4.69, 9.17) is 4.74 Å². The van der Waals surface area contributed by atoms with E-state index >= 15 is 0 Å². The molecule has 2 saturated heterocycles. The van der Waals surface area contributed by atoms with Crippen molar-refractivity contribution in [3.63, 3.8) is 0 Å². The van der Waals surface area contributed by atoms with Crippen molar-refractivity contribution in [2.45, 2.75) is 50.7 Å². The molecule has 9 heteroatoms. The highest BCUT2D eigenvalue weighted by Crippen LogP contribution is 2.22. The number of carbonyl (C=O) groups excluding carboxylic acids is 1. The van der Waals surface area contributed by atoms with Gasteiger partial charge in [-0.25, -0.2) is 13.9 Å². The van der Waals surface area contributed by atoms with Gasteiger partial charge in [0.05, 0.1) is 6.54 Å². The van der Waals surface area contributed by atoms with Crippen molar-refractivity contribution in [2.75, 3.05) is 31.2 Å². The molecule has 32 heavy (non-hydrogen) atoms. The maximum Gasteiger partial charge on any atom is 0.315 e. The van der Waals surface area contributed by atoms with E-state index in [0.29, 0.717) is 31.1 Å². The zero-order valence-corrected chi connectivity index (χ0v) is 18.1. The average molecular weight is 444 g/mol. The topological polar surface area (TPSA) is 88.5 Å². The van der Waals surface area contributed by atoms with Crippen LogP contribution in [0.1, 0.15) is 37.7 Å². The number of urea groups is 1. The van der Waals surface area contributed by atoms with Crippen LogP contribution in [0.3, 0.4) is 0 Å². The molecule has 2 N–H and O–H groups in total. The summed E-state index contributed by atoms with van der Waals surface area (Å²) >= 11 is 0. The van der Waals surface area contributed by atoms with Crippen LogP contribution in [0.2, 0.25) is 0 Å². The summed E-state index contributed by atoms with van der Waals surface area (Å²) in [6.45, 7) is 2.87. The van der Waals surface area contributed by atoms with Crippen LogP contribution < -0.4 is 21.1 Å². The molecule has 2 aliphatic heterocycles. The first-order chi connectivity index (χ1) is 15.6. The molecule has 1 unspecified atom stereocenters. The van der Waals surface area contributed by atoms with Crippen LogP contribution in [0.15, 0.2) is 41.2 Å². The summed E-state index contributed by atoms with van der Waals surface area (Å²) in [6, 6.07) is 9.49. The summed E-state index contributed by atoms with van der Waals surface area (Å²) in [5.74, 6) is 0.352. The fourth-order valence-electron chi connectivity index (χ4n) is 4.32. The Labute approximate surface area is 186 Å². The van der Waals surface area contributed by atoms with E-state index in [9.17, 15) is 14.0 Å². The van der Waals surface area contributed by atoms with Gasteiger partial charge in [0.25, 0.3) is 5.56 Å². The van der Waals surface area contributed by atoms with Crippen molar-refractivity contribution in [1.29, 1.82) is 0 Å². The van der Waals surface area contributed by atoms with Crippen LogP contribution in [0.25, 0.3) is 0 Å². The van der Waals surface area contributed by atoms with Gasteiger partial charge in [-0.1, -0.05) is 12.1 Å². The molecular formula is C23H30FN5O3. The number of nitrogens with zero attached hydrogens (tertiary/aromatic N) is 3. The lowest BCUT2D eigenvalue weighted by atomic mass is 10.0. The molecule has 0 bridgehead atoms. The van der Waals surface area contributed by atoms with Crippen molar-refractivity contribution >= 4 is 11.8 Å². The normalized spacial score (nSPS) is 19.5. The second kappa shape index (κ2) is 10.6. The molecule has 8 nitrogen and oxygen atoms in total. The van der Waals surface area contributed by atoms with Gasteiger partial charge in [0, 0.05) is 44.5 Å². The number of nitrogens with one attached hydrogen (secondary N) is 2. The van der Waals surface area contributed by atoms with Crippen molar-refractivity contribution in [2.24, 2.45) is 0 Å². The first-order valence-corrected chi connectivity index (χ1v) is 11.3. The van der Waals surface area contributed by atoms with Gasteiger partial charge >= 0.3 is 6.03 Å². The average Bonchev–Trinajstić information content (AvgIpc) is 2.80. The monoisotopic (exact) mass is 443 g/mol. The highest BCUT2D eigenvalue weighted by atomic mass is 19.1. The Morgan fingerprint density at radius 3 is 2.81 bits per heavy atom. The summed E-state index contributed by atoms with van der Waals surface area (Å²) < 4.78 is 20.2. The van der Waals surface area contributed by atoms with E-state index in [1.54, 1.807) is 18.2 Å². The molecule has 1 aromatic heterocycles. The fraction of sp³-hybridized carbons (Fsp3) is 0.522. The minimum absolute atomic E-state index is 0.0943. The number of benzene rings is 1. The van der Waals surface area contributed by atoms with Gasteiger partial charge in [0.1, 0.15) is 11.6 Å². The molecule has 1 aromatic carbocycles. The third-order valence-electron chi connectivity index (χ3n) is 6.05. The molecule has 0 radical (unpaired) electrons. The van der Waals surface area contributed by atoms with E-state index in [0.717, 1.165) is 38.6 Å². The summed E-state index contributed by atoms with van der Waals surface area (Å²) in [7, 11) is 0. The molecule has 172 valence electrons. The van der Waals surface area contributed by atoms with Crippen LogP contribution in [-0.4, -0.2) is 54.2 Å². The molecule has 2 aromatic rings. The summed E-state index contributed by atoms with van der Waals surface area (Å²) in [6.07, 6.45) is 4.70. The van der Waals surface area contributed by atoms with Gasteiger partial charge in [-0.3, -0.25) is 4.79 Å². The quantitative estimate of drug-likeness (QED) is 0.715. The lowest BCUT2D eigenvalue weighted by Gasteiger charge is -2.37. The van der Waals surface area contributed by atoms with Crippen molar-refractivity contribution in [1.82, 2.24) is 20.4 Å². The molecular weight excluding hydrogens is 413 g/mol. The van der Waals surface area contributed by atoms with Crippen LogP contribution in [0, 0.1) is 5.82 Å². The van der Waals surface area contributed by atoms with Crippen molar-refractivity contribution in [3.8, 4) is 0 Å². The lowest BCUT2D eigenvalue weighted by molar-refractivity contribution is 0.0800. The molecule has 2 aliphatic rings. The predicted molar refractivity (Wildman–Crippen MR) is 119 cm³/mol. The number of halogens is 1. The van der Waals surface area contributed by atoms with E-state index in [1.165, 1.54) is 22.9 Å². The second-order valence-corrected chi connectivity index (χ2v) is 8.40. The van der Waals surface area contributed by atoms with E-state index in [-0.39, 0.29) is 36.0 Å². The molecule has 2 fully saturated rings. The third-order valence-corrected chi connectivity index (χ3v) is 6.05. The molecule has 2 amide bonds. The number of aromatic nitrogens is 2. The third kappa shape index (κ3) is 5.85. The Kier molecular flexibility index (Phi) is 7.36. The van der Waals surface area contributed by atoms with Gasteiger partial charge in [0.2, 0.25) is 0 Å². The number of anilines is 1. The summed E-state index contributed by atoms with van der Waals surface area (Å²) in [5.41, 5.74) is 0.443. The van der Waals surface area contributed by atoms with Crippen molar-refractivity contribution < 1.29 is 13.9 Å². The number of ether oxygens (including phenoxy) is 1. The van der Waals surface area contributed by atoms with Gasteiger partial charge in [-0.05, 0) is 55.9 Å². The molecule has 0 spiro atoms. The first-order valence-electron chi connectivity index (χ1n) is 11.3. The SMILES string of the molecule is O=C(NCC1CCCCN1c1ccc(=O)n(Cc2cccc(F)c2)n1)NC1CCOCC1. The Balaban J connectivity index is 1.41. The lowest BCUT2D eigenvalue weighted by Crippen LogP contribution is -2.51. The van der Waals surface area contributed by atoms with Gasteiger partial charge in [-0.15, -0.1) is 0 Å². The second-order valence-electron chi connectivity index (χ2n) is 8.40. The fourth-order valence-corrected chi connectivity index (χ4v) is 4.32. The first kappa shape index (κ1) is 22.3. The number of hydrogen-bond acceptors (Lipinski definition) is 5. The number of hydrogen-bond donors (Lipinski definition) is 2. The van der Waals surface area contributed by atoms with Gasteiger partial charge in [-0.2, -0.15) is 5.10 Å². The number of amides is 2. The standard InChI is InChI=1S/C23H30FN5O3/c24-18-5-3-4-17(14-18)16-29-22(30)8-7-21(27-29)28-11-2-1-6-20(28)15-25-23(31)26-19-9-12-32-13-10-19/h3-5,7-8,14,19-20H,1-2,6,9-13,15-16H2,(H2,25,26,31). The smallest absolute Gasteiger partial charge is 0.315 e. The Morgan fingerprint density at radius 2 is 2.00 bits per heavy atom. The van der Waals surface area contributed by atoms with E-state index in [1.807, 2.05) is 0 Å². The van der Waals surface area contributed by atoms with Gasteiger partial charge in [0.15, 0.2) is 0 Å². The highest BCUT2D eigenvalue weighted by Gasteiger charge is 2.25. The van der Waals surface area contributed by atoms with E-state index in [2.05, 4.69) is 20.6 Å². The van der Waals surface area contributed by atoms with Crippen LogP contribution in [-0.2, 0) is 11.3 Å². The number of piperidine rings is 1. The van der Waals surface area contributed by atoms with Crippen LogP contribution in [0.5, 0.6) is 0 Å². The van der Waals surface area contributed by atoms with Crippen LogP contribution >= 0.6 is 0 Å². The number of rotatable bonds is 6. The highest BCUT2D eigenvalue weighted by molar-refractivity contribution is 5.74. The maximum atomic E-state index is 13.5. The number of carbonyl (C=O) groups is 1. The van der Waals surface area contributed by atoms with E-state index < -0.39 is 0 Å². The molecule has 4 rings (SSSR count). The zero-order chi connectivity index (χ0) is 22.3. The molecule has 0 aliphatic carbocycles. The maximum absolute atomic E-state index is 13.5. The minimum atomic E-state index is -0.340. The Morgan fingerprint density at radius 1 is 1.16 bits per heavy atom. The Hall–Kier alpha value is -2.94. The minimum Gasteiger partial charge on any atom is -0.381 e. The Bertz CT molecular complexity index is 976. The van der Waals surface area contributed by atoms with Crippen molar-refractivity contribution in [3.05, 3.63) is 58.1 Å². The molecule has 3 heterocycles. The van der Waals surface area contributed by atoms with Gasteiger partial charge < -0.3 is 20.3 Å². The predicted octanol–water partition coefficient (Wildman–Crippen LogP) is 2.27. The molecule has 1 atom stereocenters. The van der Waals surface area contributed by atoms with Crippen LogP contribution in [0.4, 0.5) is 15.0 Å². The summed E-state index contributed by atoms with van der Waals surface area (Å²) in [5, 5.41) is 10.6. The molecule has 0 saturated carbocycles.